The van der Waals surface area contributed by atoms with Crippen molar-refractivity contribution in [3.63, 3.8) is 0 Å². The Morgan fingerprint density at radius 3 is 1.95 bits per heavy atom. The van der Waals surface area contributed by atoms with Crippen LogP contribution in [0.3, 0.4) is 0 Å². The van der Waals surface area contributed by atoms with Gasteiger partial charge in [0, 0.05) is 12.3 Å². The number of hydrogen-bond acceptors (Lipinski definition) is 5. The zero-order valence-corrected chi connectivity index (χ0v) is 22.7. The minimum Gasteiger partial charge on any atom is -0.480 e. The van der Waals surface area contributed by atoms with Gasteiger partial charge in [0.25, 0.3) is 0 Å². The Hall–Kier alpha value is -4.13. The maximum Gasteiger partial charge on any atom is 0.407 e. The van der Waals surface area contributed by atoms with Gasteiger partial charge in [-0.25, -0.2) is 14.4 Å². The lowest BCUT2D eigenvalue weighted by Crippen LogP contribution is -2.43. The van der Waals surface area contributed by atoms with E-state index >= 15 is 0 Å². The summed E-state index contributed by atoms with van der Waals surface area (Å²) in [5.74, 6) is -1.92. The molecule has 7 heteroatoms. The molecule has 7 nitrogen and oxygen atoms in total. The molecule has 38 heavy (non-hydrogen) atoms. The van der Waals surface area contributed by atoms with Crippen molar-refractivity contribution in [3.8, 4) is 0 Å². The smallest absolute Gasteiger partial charge is 0.407 e. The minimum atomic E-state index is -1.22. The fourth-order valence-corrected chi connectivity index (χ4v) is 4.15. The number of carbonyl (C=O) groups is 3. The van der Waals surface area contributed by atoms with Crippen LogP contribution in [0, 0.1) is 5.92 Å². The van der Waals surface area contributed by atoms with Gasteiger partial charge in [-0.1, -0.05) is 61.7 Å². The van der Waals surface area contributed by atoms with E-state index in [0.717, 1.165) is 22.3 Å². The molecule has 202 valence electrons. The first-order valence-electron chi connectivity index (χ1n) is 12.4. The van der Waals surface area contributed by atoms with Crippen molar-refractivity contribution in [2.75, 3.05) is 6.61 Å². The molecule has 2 rings (SSSR count). The maximum atomic E-state index is 12.6. The lowest BCUT2D eigenvalue weighted by molar-refractivity contribution is -0.139. The topological polar surface area (TPSA) is 102 Å². The molecule has 1 amide bonds. The second kappa shape index (κ2) is 13.4. The van der Waals surface area contributed by atoms with Crippen LogP contribution in [-0.2, 0) is 20.7 Å². The number of rotatable bonds is 11. The standard InChI is InChI=1S/C31H37NO6/c1-8-12-24-22(10-3)23(11-4)25(13-9-2)26(24)19-37-30(36)32-27(28(33)34)18-20-14-16-21(17-15-20)29(35)38-31(5,6)7/h8-17,26-27H,3-4,18-19H2,1-2,5-7H3,(H,32,36)(H,33,34)/b12-8-,13-9-. The van der Waals surface area contributed by atoms with Crippen molar-refractivity contribution in [1.82, 2.24) is 5.32 Å². The molecule has 1 unspecified atom stereocenters. The molecule has 0 aliphatic heterocycles. The summed E-state index contributed by atoms with van der Waals surface area (Å²) in [5.41, 5.74) is 4.07. The monoisotopic (exact) mass is 519 g/mol. The van der Waals surface area contributed by atoms with Crippen LogP contribution < -0.4 is 5.32 Å². The van der Waals surface area contributed by atoms with Crippen LogP contribution in [0.25, 0.3) is 0 Å². The number of allylic oxidation sites excluding steroid dienone is 8. The average molecular weight is 520 g/mol. The first kappa shape index (κ1) is 30.1. The number of carboxylic acids is 1. The molecule has 0 aromatic heterocycles. The van der Waals surface area contributed by atoms with Crippen LogP contribution in [0.1, 0.15) is 50.5 Å². The first-order chi connectivity index (χ1) is 17.9. The number of carboxylic acid groups (broad SMARTS) is 1. The van der Waals surface area contributed by atoms with Gasteiger partial charge in [-0.15, -0.1) is 0 Å². The molecule has 1 aliphatic rings. The Morgan fingerprint density at radius 2 is 1.53 bits per heavy atom. The Labute approximate surface area is 224 Å². The minimum absolute atomic E-state index is 0.0107. The van der Waals surface area contributed by atoms with Gasteiger partial charge in [0.15, 0.2) is 0 Å². The van der Waals surface area contributed by atoms with E-state index in [4.69, 9.17) is 9.47 Å². The van der Waals surface area contributed by atoms with Crippen molar-refractivity contribution < 1.29 is 29.0 Å². The predicted octanol–water partition coefficient (Wildman–Crippen LogP) is 6.11. The summed E-state index contributed by atoms with van der Waals surface area (Å²) in [5, 5.41) is 12.1. The predicted molar refractivity (Wildman–Crippen MR) is 149 cm³/mol. The summed E-state index contributed by atoms with van der Waals surface area (Å²) < 4.78 is 10.8. The van der Waals surface area contributed by atoms with Crippen LogP contribution in [0.2, 0.25) is 0 Å². The Morgan fingerprint density at radius 1 is 1.00 bits per heavy atom. The molecule has 0 spiro atoms. The van der Waals surface area contributed by atoms with Crippen LogP contribution in [0.4, 0.5) is 4.79 Å². The number of hydrogen-bond donors (Lipinski definition) is 2. The van der Waals surface area contributed by atoms with Gasteiger partial charge in [-0.05, 0) is 74.6 Å². The first-order valence-corrected chi connectivity index (χ1v) is 12.4. The fourth-order valence-electron chi connectivity index (χ4n) is 4.15. The molecule has 2 N–H and O–H groups in total. The van der Waals surface area contributed by atoms with E-state index in [2.05, 4.69) is 18.5 Å². The highest BCUT2D eigenvalue weighted by atomic mass is 16.6. The third kappa shape index (κ3) is 7.93. The highest BCUT2D eigenvalue weighted by molar-refractivity contribution is 5.89. The molecule has 0 saturated carbocycles. The number of nitrogens with one attached hydrogen (secondary N) is 1. The number of ether oxygens (including phenoxy) is 2. The quantitative estimate of drug-likeness (QED) is 0.342. The highest BCUT2D eigenvalue weighted by Crippen LogP contribution is 2.40. The van der Waals surface area contributed by atoms with Crippen molar-refractivity contribution in [2.24, 2.45) is 5.92 Å². The van der Waals surface area contributed by atoms with Gasteiger partial charge in [-0.3, -0.25) is 0 Å². The lowest BCUT2D eigenvalue weighted by atomic mass is 9.94. The van der Waals surface area contributed by atoms with Crippen LogP contribution in [0.15, 0.2) is 96.2 Å². The normalized spacial score (nSPS) is 15.2. The molecule has 0 bridgehead atoms. The van der Waals surface area contributed by atoms with Gasteiger partial charge >= 0.3 is 18.0 Å². The summed E-state index contributed by atoms with van der Waals surface area (Å²) in [7, 11) is 0. The zero-order valence-electron chi connectivity index (χ0n) is 22.7. The molecule has 0 heterocycles. The molecule has 1 atom stereocenters. The van der Waals surface area contributed by atoms with Crippen LogP contribution in [0.5, 0.6) is 0 Å². The third-order valence-corrected chi connectivity index (χ3v) is 5.76. The van der Waals surface area contributed by atoms with Crippen LogP contribution in [-0.4, -0.2) is 41.4 Å². The Bertz CT molecular complexity index is 1150. The van der Waals surface area contributed by atoms with E-state index in [1.54, 1.807) is 57.2 Å². The van der Waals surface area contributed by atoms with E-state index < -0.39 is 29.7 Å². The van der Waals surface area contributed by atoms with Gasteiger partial charge in [-0.2, -0.15) is 0 Å². The molecular weight excluding hydrogens is 482 g/mol. The number of aliphatic carboxylic acids is 1. The van der Waals surface area contributed by atoms with E-state index in [0.29, 0.717) is 11.1 Å². The molecule has 0 saturated heterocycles. The van der Waals surface area contributed by atoms with Crippen LogP contribution >= 0.6 is 0 Å². The Balaban J connectivity index is 2.11. The molecule has 1 aromatic rings. The van der Waals surface area contributed by atoms with E-state index in [9.17, 15) is 19.5 Å². The number of benzene rings is 1. The zero-order chi connectivity index (χ0) is 28.5. The van der Waals surface area contributed by atoms with E-state index in [1.807, 2.05) is 38.2 Å². The summed E-state index contributed by atoms with van der Waals surface area (Å²) in [6.45, 7) is 17.0. The molecule has 0 fully saturated rings. The maximum absolute atomic E-state index is 12.6. The molecule has 1 aromatic carbocycles. The summed E-state index contributed by atoms with van der Waals surface area (Å²) in [4.78, 5) is 36.7. The van der Waals surface area contributed by atoms with Crippen molar-refractivity contribution in [3.05, 3.63) is 107 Å². The average Bonchev–Trinajstić information content (AvgIpc) is 3.13. The second-order valence-electron chi connectivity index (χ2n) is 9.74. The highest BCUT2D eigenvalue weighted by Gasteiger charge is 2.30. The number of carbonyl (C=O) groups excluding carboxylic acids is 2. The number of alkyl carbamates (subject to hydrolysis) is 1. The molecule has 1 aliphatic carbocycles. The summed E-state index contributed by atoms with van der Waals surface area (Å²) in [6, 6.07) is 5.19. The molecular formula is C31H37NO6. The van der Waals surface area contributed by atoms with Gasteiger partial charge in [0.2, 0.25) is 0 Å². The largest absolute Gasteiger partial charge is 0.480 e. The van der Waals surface area contributed by atoms with Crippen molar-refractivity contribution in [2.45, 2.75) is 52.7 Å². The third-order valence-electron chi connectivity index (χ3n) is 5.76. The second-order valence-corrected chi connectivity index (χ2v) is 9.74. The van der Waals surface area contributed by atoms with Crippen molar-refractivity contribution in [1.29, 1.82) is 0 Å². The summed E-state index contributed by atoms with van der Waals surface area (Å²) in [6.07, 6.45) is 10.4. The lowest BCUT2D eigenvalue weighted by Gasteiger charge is -2.20. The van der Waals surface area contributed by atoms with Gasteiger partial charge < -0.3 is 19.9 Å². The number of esters is 1. The van der Waals surface area contributed by atoms with E-state index in [-0.39, 0.29) is 18.9 Å². The fraction of sp³-hybridized carbons (Fsp3) is 0.323. The van der Waals surface area contributed by atoms with E-state index in [1.165, 1.54) is 0 Å². The number of amides is 1. The van der Waals surface area contributed by atoms with Gasteiger partial charge in [0.05, 0.1) is 5.56 Å². The Kier molecular flexibility index (Phi) is 10.6. The SMILES string of the molecule is C=CC1=C(/C=C\C)C(COC(=O)NC(Cc2ccc(C(=O)OC(C)(C)C)cc2)C(=O)O)C(/C=C\C)=C1C=C. The summed E-state index contributed by atoms with van der Waals surface area (Å²) >= 11 is 0. The molecule has 0 radical (unpaired) electrons. The van der Waals surface area contributed by atoms with Gasteiger partial charge in [0.1, 0.15) is 18.2 Å². The van der Waals surface area contributed by atoms with Crippen molar-refractivity contribution >= 4 is 18.0 Å².